The van der Waals surface area contributed by atoms with Gasteiger partial charge in [-0.05, 0) is 50.7 Å². The maximum Gasteiger partial charge on any atom is 0.220 e. The second-order valence-corrected chi connectivity index (χ2v) is 6.37. The van der Waals surface area contributed by atoms with Crippen LogP contribution in [-0.2, 0) is 4.79 Å². The first-order valence-electron chi connectivity index (χ1n) is 8.98. The average molecular weight is 347 g/mol. The second-order valence-electron chi connectivity index (χ2n) is 6.37. The molecule has 0 fully saturated rings. The summed E-state index contributed by atoms with van der Waals surface area (Å²) in [5.74, 6) is 1.21. The van der Waals surface area contributed by atoms with Gasteiger partial charge in [0.2, 0.25) is 5.91 Å². The van der Waals surface area contributed by atoms with E-state index in [0.29, 0.717) is 30.0 Å². The van der Waals surface area contributed by atoms with E-state index in [-0.39, 0.29) is 12.3 Å². The lowest BCUT2D eigenvalue weighted by molar-refractivity contribution is -0.121. The number of hydrogen-bond donors (Lipinski definition) is 2. The lowest BCUT2D eigenvalue weighted by Crippen LogP contribution is -2.25. The van der Waals surface area contributed by atoms with E-state index in [0.717, 1.165) is 12.8 Å². The maximum absolute atomic E-state index is 12.0. The van der Waals surface area contributed by atoms with Gasteiger partial charge in [-0.1, -0.05) is 11.6 Å². The molecule has 2 N–H and O–H groups in total. The molecule has 2 rings (SSSR count). The minimum Gasteiger partial charge on any atom is -0.497 e. The van der Waals surface area contributed by atoms with Crippen molar-refractivity contribution in [2.75, 3.05) is 20.8 Å². The Bertz CT molecular complexity index is 597. The standard InChI is InChI=1S/C20H29NO4/c1-24-16-8-9-17(19(14-16)25-2)18(22)10-11-20(23)21-13-12-15-6-4-3-5-7-15/h6,8-9,14,18,22H,3-5,7,10-13H2,1-2H3,(H,21,23). The van der Waals surface area contributed by atoms with Crippen LogP contribution in [0.25, 0.3) is 0 Å². The smallest absolute Gasteiger partial charge is 0.220 e. The summed E-state index contributed by atoms with van der Waals surface area (Å²) in [4.78, 5) is 12.0. The van der Waals surface area contributed by atoms with Crippen molar-refractivity contribution in [3.05, 3.63) is 35.4 Å². The van der Waals surface area contributed by atoms with Crippen LogP contribution in [-0.4, -0.2) is 31.8 Å². The van der Waals surface area contributed by atoms with E-state index in [9.17, 15) is 9.90 Å². The van der Waals surface area contributed by atoms with Gasteiger partial charge in [-0.25, -0.2) is 0 Å². The molecule has 1 aromatic carbocycles. The second kappa shape index (κ2) is 10.1. The summed E-state index contributed by atoms with van der Waals surface area (Å²) in [6, 6.07) is 5.28. The minimum atomic E-state index is -0.743. The van der Waals surface area contributed by atoms with Crippen LogP contribution >= 0.6 is 0 Å². The van der Waals surface area contributed by atoms with Crippen molar-refractivity contribution < 1.29 is 19.4 Å². The first-order chi connectivity index (χ1) is 12.1. The zero-order valence-electron chi connectivity index (χ0n) is 15.2. The third-order valence-corrected chi connectivity index (χ3v) is 4.60. The quantitative estimate of drug-likeness (QED) is 0.671. The summed E-state index contributed by atoms with van der Waals surface area (Å²) in [7, 11) is 3.14. The number of carbonyl (C=O) groups excluding carboxylic acids is 1. The molecule has 1 aliphatic rings. The predicted molar refractivity (Wildman–Crippen MR) is 97.9 cm³/mol. The van der Waals surface area contributed by atoms with Crippen LogP contribution in [0.2, 0.25) is 0 Å². The van der Waals surface area contributed by atoms with Crippen LogP contribution in [0.5, 0.6) is 11.5 Å². The third kappa shape index (κ3) is 6.09. The van der Waals surface area contributed by atoms with Crippen LogP contribution < -0.4 is 14.8 Å². The highest BCUT2D eigenvalue weighted by Gasteiger charge is 2.16. The molecule has 0 aromatic heterocycles. The third-order valence-electron chi connectivity index (χ3n) is 4.60. The van der Waals surface area contributed by atoms with Crippen LogP contribution in [0.3, 0.4) is 0 Å². The van der Waals surface area contributed by atoms with Crippen molar-refractivity contribution in [1.82, 2.24) is 5.32 Å². The van der Waals surface area contributed by atoms with Crippen molar-refractivity contribution in [2.24, 2.45) is 0 Å². The zero-order chi connectivity index (χ0) is 18.1. The fraction of sp³-hybridized carbons (Fsp3) is 0.550. The molecular formula is C20H29NO4. The Labute approximate surface area is 150 Å². The van der Waals surface area contributed by atoms with E-state index in [4.69, 9.17) is 9.47 Å². The molecule has 0 radical (unpaired) electrons. The van der Waals surface area contributed by atoms with Crippen molar-refractivity contribution in [3.63, 3.8) is 0 Å². The van der Waals surface area contributed by atoms with Crippen LogP contribution in [0, 0.1) is 0 Å². The molecule has 1 aromatic rings. The van der Waals surface area contributed by atoms with Gasteiger partial charge in [0.25, 0.3) is 0 Å². The Hall–Kier alpha value is -2.01. The lowest BCUT2D eigenvalue weighted by atomic mass is 9.97. The van der Waals surface area contributed by atoms with Crippen molar-refractivity contribution in [2.45, 2.75) is 51.0 Å². The van der Waals surface area contributed by atoms with Gasteiger partial charge in [0, 0.05) is 24.6 Å². The molecule has 1 unspecified atom stereocenters. The molecule has 0 aliphatic heterocycles. The highest BCUT2D eigenvalue weighted by molar-refractivity contribution is 5.75. The molecule has 1 aliphatic carbocycles. The predicted octanol–water partition coefficient (Wildman–Crippen LogP) is 3.52. The number of carbonyl (C=O) groups is 1. The van der Waals surface area contributed by atoms with Gasteiger partial charge in [0.15, 0.2) is 0 Å². The van der Waals surface area contributed by atoms with Crippen molar-refractivity contribution in [3.8, 4) is 11.5 Å². The van der Waals surface area contributed by atoms with Gasteiger partial charge >= 0.3 is 0 Å². The number of ether oxygens (including phenoxy) is 2. The summed E-state index contributed by atoms with van der Waals surface area (Å²) in [5, 5.41) is 13.3. The number of aliphatic hydroxyl groups excluding tert-OH is 1. The van der Waals surface area contributed by atoms with E-state index in [1.807, 2.05) is 0 Å². The molecule has 1 atom stereocenters. The number of allylic oxidation sites excluding steroid dienone is 1. The topological polar surface area (TPSA) is 67.8 Å². The van der Waals surface area contributed by atoms with Gasteiger partial charge < -0.3 is 19.9 Å². The molecule has 0 spiro atoms. The first-order valence-corrected chi connectivity index (χ1v) is 8.98. The summed E-state index contributed by atoms with van der Waals surface area (Å²) in [5.41, 5.74) is 2.12. The molecule has 138 valence electrons. The van der Waals surface area contributed by atoms with Crippen LogP contribution in [0.1, 0.15) is 56.6 Å². The molecule has 0 bridgehead atoms. The summed E-state index contributed by atoms with van der Waals surface area (Å²) in [6.45, 7) is 0.673. The molecule has 5 heteroatoms. The molecule has 5 nitrogen and oxygen atoms in total. The Morgan fingerprint density at radius 2 is 2.12 bits per heavy atom. The molecular weight excluding hydrogens is 318 g/mol. The Morgan fingerprint density at radius 3 is 2.80 bits per heavy atom. The number of aliphatic hydroxyl groups is 1. The van der Waals surface area contributed by atoms with E-state index < -0.39 is 6.10 Å². The van der Waals surface area contributed by atoms with Crippen molar-refractivity contribution >= 4 is 5.91 Å². The molecule has 25 heavy (non-hydrogen) atoms. The van der Waals surface area contributed by atoms with Crippen molar-refractivity contribution in [1.29, 1.82) is 0 Å². The summed E-state index contributed by atoms with van der Waals surface area (Å²) >= 11 is 0. The van der Waals surface area contributed by atoms with Crippen LogP contribution in [0.15, 0.2) is 29.8 Å². The Kier molecular flexibility index (Phi) is 7.79. The number of benzene rings is 1. The fourth-order valence-corrected chi connectivity index (χ4v) is 3.10. The highest BCUT2D eigenvalue weighted by Crippen LogP contribution is 2.31. The van der Waals surface area contributed by atoms with Gasteiger partial charge in [-0.2, -0.15) is 0 Å². The van der Waals surface area contributed by atoms with Gasteiger partial charge in [0.05, 0.1) is 20.3 Å². The first kappa shape index (κ1) is 19.3. The Morgan fingerprint density at radius 1 is 1.28 bits per heavy atom. The molecule has 1 amide bonds. The number of hydrogen-bond acceptors (Lipinski definition) is 4. The lowest BCUT2D eigenvalue weighted by Gasteiger charge is -2.16. The van der Waals surface area contributed by atoms with E-state index in [1.54, 1.807) is 32.4 Å². The SMILES string of the molecule is COc1ccc(C(O)CCC(=O)NCCC2=CCCCC2)c(OC)c1. The fourth-order valence-electron chi connectivity index (χ4n) is 3.10. The summed E-state index contributed by atoms with van der Waals surface area (Å²) < 4.78 is 10.5. The summed E-state index contributed by atoms with van der Waals surface area (Å²) in [6.07, 6.45) is 8.00. The number of methoxy groups -OCH3 is 2. The van der Waals surface area contributed by atoms with Gasteiger partial charge in [-0.3, -0.25) is 4.79 Å². The largest absolute Gasteiger partial charge is 0.497 e. The highest BCUT2D eigenvalue weighted by atomic mass is 16.5. The number of nitrogens with one attached hydrogen (secondary N) is 1. The van der Waals surface area contributed by atoms with Gasteiger partial charge in [0.1, 0.15) is 11.5 Å². The minimum absolute atomic E-state index is 0.0251. The van der Waals surface area contributed by atoms with E-state index >= 15 is 0 Å². The number of rotatable bonds is 9. The van der Waals surface area contributed by atoms with Crippen LogP contribution in [0.4, 0.5) is 0 Å². The molecule has 0 heterocycles. The molecule has 0 saturated heterocycles. The average Bonchev–Trinajstić information content (AvgIpc) is 2.66. The normalized spacial score (nSPS) is 15.2. The number of amides is 1. The monoisotopic (exact) mass is 347 g/mol. The van der Waals surface area contributed by atoms with E-state index in [1.165, 1.54) is 24.8 Å². The Balaban J connectivity index is 1.76. The maximum atomic E-state index is 12.0. The van der Waals surface area contributed by atoms with Gasteiger partial charge in [-0.15, -0.1) is 0 Å². The van der Waals surface area contributed by atoms with E-state index in [2.05, 4.69) is 11.4 Å². The zero-order valence-corrected chi connectivity index (χ0v) is 15.2. The molecule has 0 saturated carbocycles.